The molecule has 0 atom stereocenters. The second-order valence-electron chi connectivity index (χ2n) is 5.03. The Hall–Kier alpha value is -1.39. The number of rotatable bonds is 4. The van der Waals surface area contributed by atoms with E-state index < -0.39 is 5.41 Å². The van der Waals surface area contributed by atoms with E-state index in [0.717, 1.165) is 5.56 Å². The van der Waals surface area contributed by atoms with Crippen LogP contribution in [0.3, 0.4) is 0 Å². The van der Waals surface area contributed by atoms with Crippen molar-refractivity contribution >= 4 is 27.3 Å². The van der Waals surface area contributed by atoms with Crippen LogP contribution >= 0.6 is 11.3 Å². The molecule has 0 unspecified atom stereocenters. The van der Waals surface area contributed by atoms with E-state index in [1.54, 1.807) is 11.3 Å². The SMILES string of the molecule is CC(C)(CN)C(=O)NCc1csc2ccccc12. The molecule has 2 rings (SSSR count). The molecule has 1 amide bonds. The lowest BCUT2D eigenvalue weighted by atomic mass is 9.92. The van der Waals surface area contributed by atoms with Gasteiger partial charge in [0, 0.05) is 17.8 Å². The molecule has 1 aromatic heterocycles. The predicted molar refractivity (Wildman–Crippen MR) is 76.5 cm³/mol. The van der Waals surface area contributed by atoms with Gasteiger partial charge in [0.15, 0.2) is 0 Å². The molecule has 2 aromatic rings. The van der Waals surface area contributed by atoms with Crippen LogP contribution in [-0.4, -0.2) is 12.5 Å². The molecule has 4 heteroatoms. The molecule has 0 saturated heterocycles. The minimum atomic E-state index is -0.508. The normalized spacial score (nSPS) is 11.7. The van der Waals surface area contributed by atoms with Crippen molar-refractivity contribution in [3.05, 3.63) is 35.2 Å². The molecular weight excluding hydrogens is 244 g/mol. The van der Waals surface area contributed by atoms with E-state index in [2.05, 4.69) is 22.8 Å². The summed E-state index contributed by atoms with van der Waals surface area (Å²) in [6.45, 7) is 4.62. The fourth-order valence-electron chi connectivity index (χ4n) is 1.68. The number of nitrogens with one attached hydrogen (secondary N) is 1. The van der Waals surface area contributed by atoms with Crippen molar-refractivity contribution in [1.82, 2.24) is 5.32 Å². The highest BCUT2D eigenvalue weighted by Crippen LogP contribution is 2.25. The minimum Gasteiger partial charge on any atom is -0.351 e. The highest BCUT2D eigenvalue weighted by molar-refractivity contribution is 7.17. The number of nitrogens with two attached hydrogens (primary N) is 1. The Morgan fingerprint density at radius 2 is 2.11 bits per heavy atom. The zero-order valence-corrected chi connectivity index (χ0v) is 11.5. The van der Waals surface area contributed by atoms with Crippen molar-refractivity contribution in [3.63, 3.8) is 0 Å². The smallest absolute Gasteiger partial charge is 0.227 e. The molecule has 18 heavy (non-hydrogen) atoms. The van der Waals surface area contributed by atoms with Crippen molar-refractivity contribution < 1.29 is 4.79 Å². The van der Waals surface area contributed by atoms with Crippen molar-refractivity contribution in [3.8, 4) is 0 Å². The first-order valence-corrected chi connectivity index (χ1v) is 6.86. The molecule has 1 heterocycles. The summed E-state index contributed by atoms with van der Waals surface area (Å²) in [5.41, 5.74) is 6.24. The van der Waals surface area contributed by atoms with Gasteiger partial charge in [0.2, 0.25) is 5.91 Å². The molecule has 1 aromatic carbocycles. The first-order valence-electron chi connectivity index (χ1n) is 5.98. The molecule has 0 saturated carbocycles. The molecule has 0 radical (unpaired) electrons. The Kier molecular flexibility index (Phi) is 3.68. The van der Waals surface area contributed by atoms with E-state index in [-0.39, 0.29) is 5.91 Å². The van der Waals surface area contributed by atoms with Gasteiger partial charge < -0.3 is 11.1 Å². The van der Waals surface area contributed by atoms with Crippen LogP contribution in [-0.2, 0) is 11.3 Å². The van der Waals surface area contributed by atoms with Crippen molar-refractivity contribution in [1.29, 1.82) is 0 Å². The Morgan fingerprint density at radius 1 is 1.39 bits per heavy atom. The van der Waals surface area contributed by atoms with E-state index in [1.807, 2.05) is 26.0 Å². The summed E-state index contributed by atoms with van der Waals surface area (Å²) >= 11 is 1.70. The third-order valence-corrected chi connectivity index (χ3v) is 4.14. The third kappa shape index (κ3) is 2.54. The Morgan fingerprint density at radius 3 is 2.83 bits per heavy atom. The lowest BCUT2D eigenvalue weighted by Crippen LogP contribution is -2.41. The van der Waals surface area contributed by atoms with Gasteiger partial charge in [0.05, 0.1) is 5.41 Å². The average Bonchev–Trinajstić information content (AvgIpc) is 2.79. The zero-order chi connectivity index (χ0) is 13.2. The average molecular weight is 262 g/mol. The van der Waals surface area contributed by atoms with Gasteiger partial charge in [-0.3, -0.25) is 4.79 Å². The van der Waals surface area contributed by atoms with Crippen LogP contribution in [0.15, 0.2) is 29.6 Å². The second-order valence-corrected chi connectivity index (χ2v) is 5.94. The van der Waals surface area contributed by atoms with Crippen LogP contribution in [0.1, 0.15) is 19.4 Å². The number of fused-ring (bicyclic) bond motifs is 1. The summed E-state index contributed by atoms with van der Waals surface area (Å²) in [6.07, 6.45) is 0. The first-order chi connectivity index (χ1) is 8.54. The van der Waals surface area contributed by atoms with Crippen LogP contribution in [0.25, 0.3) is 10.1 Å². The molecule has 0 bridgehead atoms. The topological polar surface area (TPSA) is 55.1 Å². The van der Waals surface area contributed by atoms with Gasteiger partial charge >= 0.3 is 0 Å². The van der Waals surface area contributed by atoms with E-state index in [4.69, 9.17) is 5.73 Å². The quantitative estimate of drug-likeness (QED) is 0.889. The molecule has 0 aliphatic rings. The number of carbonyl (C=O) groups is 1. The summed E-state index contributed by atoms with van der Waals surface area (Å²) in [4.78, 5) is 11.9. The van der Waals surface area contributed by atoms with Crippen LogP contribution in [0.2, 0.25) is 0 Å². The lowest BCUT2D eigenvalue weighted by Gasteiger charge is -2.21. The van der Waals surface area contributed by atoms with Gasteiger partial charge in [0.1, 0.15) is 0 Å². The molecule has 3 nitrogen and oxygen atoms in total. The molecule has 0 fully saturated rings. The third-order valence-electron chi connectivity index (χ3n) is 3.13. The summed E-state index contributed by atoms with van der Waals surface area (Å²) in [5.74, 6) is 0.000260. The van der Waals surface area contributed by atoms with Crippen LogP contribution in [0.4, 0.5) is 0 Å². The maximum atomic E-state index is 11.9. The summed E-state index contributed by atoms with van der Waals surface area (Å²) in [5, 5.41) is 6.27. The number of carbonyl (C=O) groups excluding carboxylic acids is 1. The summed E-state index contributed by atoms with van der Waals surface area (Å²) < 4.78 is 1.25. The Bertz CT molecular complexity index is 560. The standard InChI is InChI=1S/C14H18N2OS/c1-14(2,9-15)13(17)16-7-10-8-18-12-6-4-3-5-11(10)12/h3-6,8H,7,9,15H2,1-2H3,(H,16,17). The van der Waals surface area contributed by atoms with Gasteiger partial charge in [0.25, 0.3) is 0 Å². The van der Waals surface area contributed by atoms with Gasteiger partial charge in [-0.05, 0) is 36.2 Å². The summed E-state index contributed by atoms with van der Waals surface area (Å²) in [6, 6.07) is 8.22. The Balaban J connectivity index is 2.09. The number of amides is 1. The fourth-order valence-corrected chi connectivity index (χ4v) is 2.64. The summed E-state index contributed by atoms with van der Waals surface area (Å²) in [7, 11) is 0. The van der Waals surface area contributed by atoms with Crippen LogP contribution in [0, 0.1) is 5.41 Å². The number of hydrogen-bond acceptors (Lipinski definition) is 3. The van der Waals surface area contributed by atoms with E-state index in [0.29, 0.717) is 13.1 Å². The maximum absolute atomic E-state index is 11.9. The molecule has 0 aliphatic heterocycles. The van der Waals surface area contributed by atoms with Gasteiger partial charge in [-0.2, -0.15) is 0 Å². The predicted octanol–water partition coefficient (Wildman–Crippen LogP) is 2.50. The van der Waals surface area contributed by atoms with Crippen LogP contribution < -0.4 is 11.1 Å². The van der Waals surface area contributed by atoms with Gasteiger partial charge in [-0.15, -0.1) is 11.3 Å². The van der Waals surface area contributed by atoms with Crippen LogP contribution in [0.5, 0.6) is 0 Å². The van der Waals surface area contributed by atoms with E-state index in [9.17, 15) is 4.79 Å². The zero-order valence-electron chi connectivity index (χ0n) is 10.7. The second kappa shape index (κ2) is 5.08. The van der Waals surface area contributed by atoms with E-state index >= 15 is 0 Å². The van der Waals surface area contributed by atoms with E-state index in [1.165, 1.54) is 10.1 Å². The first kappa shape index (κ1) is 13.1. The molecule has 0 aliphatic carbocycles. The van der Waals surface area contributed by atoms with Gasteiger partial charge in [-0.1, -0.05) is 18.2 Å². The number of thiophene rings is 1. The molecule has 0 spiro atoms. The maximum Gasteiger partial charge on any atom is 0.227 e. The largest absolute Gasteiger partial charge is 0.351 e. The fraction of sp³-hybridized carbons (Fsp3) is 0.357. The van der Waals surface area contributed by atoms with Crippen molar-refractivity contribution in [2.45, 2.75) is 20.4 Å². The molecular formula is C14H18N2OS. The van der Waals surface area contributed by atoms with Crippen molar-refractivity contribution in [2.75, 3.05) is 6.54 Å². The highest BCUT2D eigenvalue weighted by atomic mass is 32.1. The number of hydrogen-bond donors (Lipinski definition) is 2. The van der Waals surface area contributed by atoms with Crippen molar-refractivity contribution in [2.24, 2.45) is 11.1 Å². The lowest BCUT2D eigenvalue weighted by molar-refractivity contribution is -0.129. The number of benzene rings is 1. The monoisotopic (exact) mass is 262 g/mol. The highest BCUT2D eigenvalue weighted by Gasteiger charge is 2.25. The Labute approximate surface area is 111 Å². The molecule has 96 valence electrons. The van der Waals surface area contributed by atoms with Gasteiger partial charge in [-0.25, -0.2) is 0 Å². The molecule has 3 N–H and O–H groups in total. The minimum absolute atomic E-state index is 0.000260.